The van der Waals surface area contributed by atoms with Gasteiger partial charge in [0, 0.05) is 31.1 Å². The molecule has 33 heavy (non-hydrogen) atoms. The van der Waals surface area contributed by atoms with Crippen LogP contribution in [0.2, 0.25) is 0 Å². The number of benzene rings is 1. The molecule has 4 rings (SSSR count). The molecule has 2 aromatic rings. The van der Waals surface area contributed by atoms with Crippen LogP contribution in [0.5, 0.6) is 11.5 Å². The van der Waals surface area contributed by atoms with E-state index in [0.717, 1.165) is 29.9 Å². The van der Waals surface area contributed by atoms with Gasteiger partial charge < -0.3 is 18.9 Å². The second-order valence-corrected chi connectivity index (χ2v) is 10.5. The topological polar surface area (TPSA) is 102 Å². The largest absolute Gasteiger partial charge is 0.497 e. The van der Waals surface area contributed by atoms with Crippen molar-refractivity contribution >= 4 is 15.9 Å². The average Bonchev–Trinajstić information content (AvgIpc) is 3.44. The third-order valence-electron chi connectivity index (χ3n) is 6.70. The molecule has 1 aromatic carbocycles. The zero-order valence-electron chi connectivity index (χ0n) is 19.5. The summed E-state index contributed by atoms with van der Waals surface area (Å²) in [7, 11) is -0.452. The zero-order valence-corrected chi connectivity index (χ0v) is 20.4. The van der Waals surface area contributed by atoms with Crippen LogP contribution in [0.3, 0.4) is 0 Å². The number of aromatic nitrogens is 1. The lowest BCUT2D eigenvalue weighted by molar-refractivity contribution is -0.137. The third kappa shape index (κ3) is 4.33. The highest BCUT2D eigenvalue weighted by molar-refractivity contribution is 7.89. The smallest absolute Gasteiger partial charge is 0.248 e. The Balaban J connectivity index is 1.48. The molecule has 2 aliphatic heterocycles. The number of hydrogen-bond donors (Lipinski definition) is 0. The summed E-state index contributed by atoms with van der Waals surface area (Å²) in [5.41, 5.74) is 1.30. The van der Waals surface area contributed by atoms with Crippen molar-refractivity contribution in [2.75, 3.05) is 33.9 Å². The molecular weight excluding hydrogens is 446 g/mol. The molecule has 0 radical (unpaired) electrons. The van der Waals surface area contributed by atoms with Gasteiger partial charge in [0.1, 0.15) is 22.1 Å². The van der Waals surface area contributed by atoms with Crippen molar-refractivity contribution in [2.24, 2.45) is 5.92 Å². The highest BCUT2D eigenvalue weighted by atomic mass is 32.2. The van der Waals surface area contributed by atoms with Crippen molar-refractivity contribution in [2.45, 2.75) is 50.5 Å². The summed E-state index contributed by atoms with van der Waals surface area (Å²) >= 11 is 0. The molecule has 9 nitrogen and oxygen atoms in total. The van der Waals surface area contributed by atoms with E-state index in [1.165, 1.54) is 4.31 Å². The second kappa shape index (κ2) is 9.34. The molecule has 10 heteroatoms. The third-order valence-corrected chi connectivity index (χ3v) is 8.84. The maximum atomic E-state index is 13.5. The van der Waals surface area contributed by atoms with Crippen LogP contribution in [0.1, 0.15) is 48.7 Å². The first-order valence-electron chi connectivity index (χ1n) is 11.2. The van der Waals surface area contributed by atoms with Gasteiger partial charge in [0.25, 0.3) is 0 Å². The van der Waals surface area contributed by atoms with Crippen molar-refractivity contribution in [1.82, 2.24) is 14.4 Å². The van der Waals surface area contributed by atoms with Gasteiger partial charge >= 0.3 is 0 Å². The Morgan fingerprint density at radius 2 is 1.82 bits per heavy atom. The van der Waals surface area contributed by atoms with Crippen LogP contribution >= 0.6 is 0 Å². The number of piperidine rings is 1. The number of methoxy groups -OCH3 is 2. The highest BCUT2D eigenvalue weighted by Gasteiger charge is 2.39. The Bertz CT molecular complexity index is 1100. The van der Waals surface area contributed by atoms with Crippen molar-refractivity contribution < 1.29 is 27.2 Å². The number of ether oxygens (including phenoxy) is 2. The lowest BCUT2D eigenvalue weighted by atomic mass is 9.95. The predicted octanol–water partition coefficient (Wildman–Crippen LogP) is 3.07. The van der Waals surface area contributed by atoms with Crippen LogP contribution in [0.15, 0.2) is 27.6 Å². The zero-order chi connectivity index (χ0) is 23.8. The summed E-state index contributed by atoms with van der Waals surface area (Å²) < 4.78 is 43.6. The normalized spacial score (nSPS) is 20.2. The quantitative estimate of drug-likeness (QED) is 0.630. The van der Waals surface area contributed by atoms with Gasteiger partial charge in [-0.05, 0) is 57.7 Å². The van der Waals surface area contributed by atoms with Gasteiger partial charge in [0.15, 0.2) is 5.76 Å². The number of rotatable bonds is 6. The van der Waals surface area contributed by atoms with Crippen LogP contribution in [0.4, 0.5) is 0 Å². The van der Waals surface area contributed by atoms with E-state index in [0.29, 0.717) is 38.2 Å². The fraction of sp³-hybridized carbons (Fsp3) is 0.565. The first kappa shape index (κ1) is 23.6. The number of hydrogen-bond acceptors (Lipinski definition) is 7. The Kier molecular flexibility index (Phi) is 6.67. The molecule has 0 N–H and O–H groups in total. The molecule has 1 unspecified atom stereocenters. The number of aryl methyl sites for hydroxylation is 2. The number of carbonyl (C=O) groups excluding carboxylic acids is 1. The van der Waals surface area contributed by atoms with Gasteiger partial charge in [-0.2, -0.15) is 4.31 Å². The van der Waals surface area contributed by atoms with E-state index in [2.05, 4.69) is 5.16 Å². The minimum absolute atomic E-state index is 0.0772. The SMILES string of the molecule is COc1ccc(OC)c(C2CCCN2C(=O)C2CCN(S(=O)(=O)c3c(C)noc3C)CC2)c1. The van der Waals surface area contributed by atoms with Gasteiger partial charge in [0.05, 0.1) is 20.3 Å². The maximum absolute atomic E-state index is 13.5. The Morgan fingerprint density at radius 1 is 1.09 bits per heavy atom. The van der Waals surface area contributed by atoms with Crippen LogP contribution < -0.4 is 9.47 Å². The van der Waals surface area contributed by atoms with Crippen LogP contribution in [-0.4, -0.2) is 62.5 Å². The van der Waals surface area contributed by atoms with E-state index in [1.807, 2.05) is 23.1 Å². The molecule has 3 heterocycles. The maximum Gasteiger partial charge on any atom is 0.248 e. The minimum atomic E-state index is -3.70. The Morgan fingerprint density at radius 3 is 2.42 bits per heavy atom. The molecule has 2 fully saturated rings. The van der Waals surface area contributed by atoms with Crippen molar-refractivity contribution in [3.63, 3.8) is 0 Å². The summed E-state index contributed by atoms with van der Waals surface area (Å²) in [6.07, 6.45) is 2.74. The molecular formula is C23H31N3O6S. The molecule has 0 saturated carbocycles. The molecule has 0 bridgehead atoms. The summed E-state index contributed by atoms with van der Waals surface area (Å²) in [6.45, 7) is 4.50. The fourth-order valence-corrected chi connectivity index (χ4v) is 6.76. The van der Waals surface area contributed by atoms with Crippen LogP contribution in [0, 0.1) is 19.8 Å². The Labute approximate surface area is 194 Å². The summed E-state index contributed by atoms with van der Waals surface area (Å²) in [6, 6.07) is 5.58. The summed E-state index contributed by atoms with van der Waals surface area (Å²) in [5.74, 6) is 1.62. The van der Waals surface area contributed by atoms with E-state index in [9.17, 15) is 13.2 Å². The van der Waals surface area contributed by atoms with E-state index >= 15 is 0 Å². The van der Waals surface area contributed by atoms with Crippen LogP contribution in [-0.2, 0) is 14.8 Å². The predicted molar refractivity (Wildman–Crippen MR) is 121 cm³/mol. The number of sulfonamides is 1. The fourth-order valence-electron chi connectivity index (χ4n) is 5.00. The van der Waals surface area contributed by atoms with Crippen molar-refractivity contribution in [3.8, 4) is 11.5 Å². The first-order valence-corrected chi connectivity index (χ1v) is 12.7. The van der Waals surface area contributed by atoms with E-state index < -0.39 is 10.0 Å². The number of amides is 1. The molecule has 2 aliphatic rings. The summed E-state index contributed by atoms with van der Waals surface area (Å²) in [4.78, 5) is 15.6. The van der Waals surface area contributed by atoms with Gasteiger partial charge in [-0.3, -0.25) is 4.79 Å². The van der Waals surface area contributed by atoms with E-state index in [1.54, 1.807) is 28.1 Å². The highest BCUT2D eigenvalue weighted by Crippen LogP contribution is 2.40. The lowest BCUT2D eigenvalue weighted by Crippen LogP contribution is -2.44. The average molecular weight is 478 g/mol. The minimum Gasteiger partial charge on any atom is -0.497 e. The van der Waals surface area contributed by atoms with Crippen molar-refractivity contribution in [1.29, 1.82) is 0 Å². The molecule has 180 valence electrons. The van der Waals surface area contributed by atoms with Crippen molar-refractivity contribution in [3.05, 3.63) is 35.2 Å². The molecule has 0 aliphatic carbocycles. The van der Waals surface area contributed by atoms with Gasteiger partial charge in [-0.25, -0.2) is 8.42 Å². The van der Waals surface area contributed by atoms with Gasteiger partial charge in [-0.15, -0.1) is 0 Å². The van der Waals surface area contributed by atoms with E-state index in [-0.39, 0.29) is 28.5 Å². The summed E-state index contributed by atoms with van der Waals surface area (Å²) in [5, 5.41) is 3.78. The standard InChI is InChI=1S/C23H31N3O6S/c1-15-22(16(2)32-24-15)33(28,29)25-12-9-17(10-13-25)23(27)26-11-5-6-20(26)19-14-18(30-3)7-8-21(19)31-4/h7-8,14,17,20H,5-6,9-13H2,1-4H3. The van der Waals surface area contributed by atoms with E-state index in [4.69, 9.17) is 14.0 Å². The monoisotopic (exact) mass is 477 g/mol. The molecule has 1 amide bonds. The second-order valence-electron chi connectivity index (χ2n) is 8.63. The van der Waals surface area contributed by atoms with Crippen LogP contribution in [0.25, 0.3) is 0 Å². The molecule has 1 atom stereocenters. The molecule has 2 saturated heterocycles. The molecule has 1 aromatic heterocycles. The molecule has 0 spiro atoms. The number of nitrogens with zero attached hydrogens (tertiary/aromatic N) is 3. The lowest BCUT2D eigenvalue weighted by Gasteiger charge is -2.34. The number of likely N-dealkylation sites (tertiary alicyclic amines) is 1. The number of carbonyl (C=O) groups is 1. The van der Waals surface area contributed by atoms with Gasteiger partial charge in [-0.1, -0.05) is 5.16 Å². The Hall–Kier alpha value is -2.59. The van der Waals surface area contributed by atoms with Gasteiger partial charge in [0.2, 0.25) is 15.9 Å². The first-order chi connectivity index (χ1) is 15.8.